The third-order valence-electron chi connectivity index (χ3n) is 2.78. The van der Waals surface area contributed by atoms with Crippen molar-refractivity contribution in [2.75, 3.05) is 7.11 Å². The quantitative estimate of drug-likeness (QED) is 0.636. The molecule has 0 spiro atoms. The van der Waals surface area contributed by atoms with Crippen LogP contribution in [0.3, 0.4) is 0 Å². The van der Waals surface area contributed by atoms with Gasteiger partial charge in [-0.25, -0.2) is 4.79 Å². The summed E-state index contributed by atoms with van der Waals surface area (Å²) in [6, 6.07) is 15.9. The highest BCUT2D eigenvalue weighted by molar-refractivity contribution is 6.30. The summed E-state index contributed by atoms with van der Waals surface area (Å²) in [6.45, 7) is 0. The van der Waals surface area contributed by atoms with Crippen molar-refractivity contribution in [3.63, 3.8) is 0 Å². The summed E-state index contributed by atoms with van der Waals surface area (Å²) >= 11 is 5.82. The van der Waals surface area contributed by atoms with Crippen LogP contribution in [0.4, 0.5) is 0 Å². The first-order chi connectivity index (χ1) is 9.70. The fourth-order valence-corrected chi connectivity index (χ4v) is 1.87. The summed E-state index contributed by atoms with van der Waals surface area (Å²) < 4.78 is 4.80. The molecule has 0 N–H and O–H groups in total. The van der Waals surface area contributed by atoms with Crippen LogP contribution in [-0.4, -0.2) is 19.3 Å². The summed E-state index contributed by atoms with van der Waals surface area (Å²) in [4.78, 5) is 16.2. The molecule has 2 aromatic carbocycles. The highest BCUT2D eigenvalue weighted by Crippen LogP contribution is 2.19. The van der Waals surface area contributed by atoms with Gasteiger partial charge in [0.2, 0.25) is 0 Å². The van der Waals surface area contributed by atoms with E-state index in [2.05, 4.69) is 4.99 Å². The second kappa shape index (κ2) is 6.87. The fourth-order valence-electron chi connectivity index (χ4n) is 1.74. The summed E-state index contributed by atoms with van der Waals surface area (Å²) in [5, 5.41) is 0.662. The largest absolute Gasteiger partial charge is 0.467 e. The molecule has 0 aromatic heterocycles. The van der Waals surface area contributed by atoms with Crippen LogP contribution in [0.15, 0.2) is 59.6 Å². The van der Waals surface area contributed by atoms with Crippen molar-refractivity contribution in [2.45, 2.75) is 6.04 Å². The number of nitrogens with zero attached hydrogens (tertiary/aromatic N) is 1. The van der Waals surface area contributed by atoms with Crippen molar-refractivity contribution in [3.8, 4) is 0 Å². The number of methoxy groups -OCH3 is 1. The molecule has 1 atom stereocenters. The maximum atomic E-state index is 11.8. The lowest BCUT2D eigenvalue weighted by molar-refractivity contribution is -0.142. The zero-order chi connectivity index (χ0) is 14.4. The Hall–Kier alpha value is -2.13. The fraction of sp³-hybridized carbons (Fsp3) is 0.125. The molecule has 0 fully saturated rings. The minimum atomic E-state index is -0.656. The number of ether oxygens (including phenoxy) is 1. The number of hydrogen-bond acceptors (Lipinski definition) is 3. The van der Waals surface area contributed by atoms with E-state index >= 15 is 0 Å². The molecule has 0 heterocycles. The van der Waals surface area contributed by atoms with Gasteiger partial charge in [0.25, 0.3) is 0 Å². The highest BCUT2D eigenvalue weighted by Gasteiger charge is 2.19. The van der Waals surface area contributed by atoms with Crippen LogP contribution in [0.25, 0.3) is 0 Å². The van der Waals surface area contributed by atoms with Crippen LogP contribution >= 0.6 is 11.6 Å². The molecule has 2 rings (SSSR count). The first kappa shape index (κ1) is 14.3. The molecule has 3 nitrogen and oxygen atoms in total. The van der Waals surface area contributed by atoms with E-state index in [0.29, 0.717) is 5.02 Å². The monoisotopic (exact) mass is 287 g/mol. The molecule has 0 radical (unpaired) electrons. The molecule has 102 valence electrons. The Bertz CT molecular complexity index is 594. The Morgan fingerprint density at radius 1 is 1.15 bits per heavy atom. The van der Waals surface area contributed by atoms with E-state index in [-0.39, 0.29) is 5.97 Å². The van der Waals surface area contributed by atoms with E-state index in [4.69, 9.17) is 16.3 Å². The Labute approximate surface area is 122 Å². The van der Waals surface area contributed by atoms with Gasteiger partial charge < -0.3 is 4.74 Å². The molecule has 0 aliphatic heterocycles. The van der Waals surface area contributed by atoms with Crippen molar-refractivity contribution in [2.24, 2.45) is 4.99 Å². The number of rotatable bonds is 4. The molecule has 20 heavy (non-hydrogen) atoms. The smallest absolute Gasteiger partial charge is 0.335 e. The normalized spacial score (nSPS) is 12.3. The Kier molecular flexibility index (Phi) is 4.91. The predicted molar refractivity (Wildman–Crippen MR) is 80.2 cm³/mol. The van der Waals surface area contributed by atoms with Gasteiger partial charge in [0, 0.05) is 11.2 Å². The Balaban J connectivity index is 2.24. The number of carbonyl (C=O) groups is 1. The Morgan fingerprint density at radius 2 is 1.80 bits per heavy atom. The second-order valence-electron chi connectivity index (χ2n) is 4.17. The standard InChI is InChI=1S/C16H14ClNO2/c1-20-16(19)15(13-5-3-2-4-6-13)18-11-12-7-9-14(17)10-8-12/h2-11,15H,1H3. The van der Waals surface area contributed by atoms with Crippen molar-refractivity contribution >= 4 is 23.8 Å². The maximum Gasteiger partial charge on any atom is 0.335 e. The van der Waals surface area contributed by atoms with Crippen molar-refractivity contribution in [1.82, 2.24) is 0 Å². The van der Waals surface area contributed by atoms with Crippen LogP contribution in [0.5, 0.6) is 0 Å². The van der Waals surface area contributed by atoms with Crippen LogP contribution in [0.2, 0.25) is 5.02 Å². The average molecular weight is 288 g/mol. The number of halogens is 1. The lowest BCUT2D eigenvalue weighted by Crippen LogP contribution is -2.12. The van der Waals surface area contributed by atoms with Gasteiger partial charge in [-0.15, -0.1) is 0 Å². The number of aliphatic imine (C=N–C) groups is 1. The van der Waals surface area contributed by atoms with Gasteiger partial charge in [-0.1, -0.05) is 54.1 Å². The summed E-state index contributed by atoms with van der Waals surface area (Å²) in [7, 11) is 1.36. The zero-order valence-electron chi connectivity index (χ0n) is 11.0. The highest BCUT2D eigenvalue weighted by atomic mass is 35.5. The summed E-state index contributed by atoms with van der Waals surface area (Å²) in [6.07, 6.45) is 1.64. The van der Waals surface area contributed by atoms with Crippen molar-refractivity contribution in [1.29, 1.82) is 0 Å². The molecule has 0 saturated carbocycles. The number of hydrogen-bond donors (Lipinski definition) is 0. The molecular formula is C16H14ClNO2. The lowest BCUT2D eigenvalue weighted by Gasteiger charge is -2.10. The molecule has 0 aliphatic rings. The van der Waals surface area contributed by atoms with E-state index < -0.39 is 6.04 Å². The Morgan fingerprint density at radius 3 is 2.40 bits per heavy atom. The van der Waals surface area contributed by atoms with E-state index in [1.165, 1.54) is 7.11 Å². The zero-order valence-corrected chi connectivity index (χ0v) is 11.7. The van der Waals surface area contributed by atoms with Gasteiger partial charge in [0.1, 0.15) is 0 Å². The molecular weight excluding hydrogens is 274 g/mol. The van der Waals surface area contributed by atoms with Gasteiger partial charge in [0.15, 0.2) is 6.04 Å². The van der Waals surface area contributed by atoms with Crippen molar-refractivity contribution in [3.05, 3.63) is 70.7 Å². The molecule has 0 bridgehead atoms. The third-order valence-corrected chi connectivity index (χ3v) is 3.03. The van der Waals surface area contributed by atoms with E-state index in [9.17, 15) is 4.79 Å². The summed E-state index contributed by atoms with van der Waals surface area (Å²) in [5.74, 6) is -0.388. The van der Waals surface area contributed by atoms with E-state index in [1.54, 1.807) is 18.3 Å². The first-order valence-electron chi connectivity index (χ1n) is 6.12. The van der Waals surface area contributed by atoms with Crippen LogP contribution in [-0.2, 0) is 9.53 Å². The number of esters is 1. The third kappa shape index (κ3) is 3.68. The van der Waals surface area contributed by atoms with Crippen LogP contribution in [0, 0.1) is 0 Å². The lowest BCUT2D eigenvalue weighted by atomic mass is 10.1. The van der Waals surface area contributed by atoms with Gasteiger partial charge in [-0.3, -0.25) is 4.99 Å². The van der Waals surface area contributed by atoms with Gasteiger partial charge >= 0.3 is 5.97 Å². The second-order valence-corrected chi connectivity index (χ2v) is 4.60. The van der Waals surface area contributed by atoms with E-state index in [1.807, 2.05) is 42.5 Å². The van der Waals surface area contributed by atoms with Gasteiger partial charge in [0.05, 0.1) is 7.11 Å². The summed E-state index contributed by atoms with van der Waals surface area (Å²) in [5.41, 5.74) is 1.67. The maximum absolute atomic E-state index is 11.8. The number of benzene rings is 2. The minimum absolute atomic E-state index is 0.388. The average Bonchev–Trinajstić information content (AvgIpc) is 2.50. The molecule has 2 aromatic rings. The van der Waals surface area contributed by atoms with Crippen LogP contribution in [0.1, 0.15) is 17.2 Å². The minimum Gasteiger partial charge on any atom is -0.467 e. The molecule has 1 unspecified atom stereocenters. The molecule has 0 amide bonds. The molecule has 0 aliphatic carbocycles. The number of carbonyl (C=O) groups excluding carboxylic acids is 1. The van der Waals surface area contributed by atoms with Gasteiger partial charge in [-0.2, -0.15) is 0 Å². The SMILES string of the molecule is COC(=O)C(N=Cc1ccc(Cl)cc1)c1ccccc1. The van der Waals surface area contributed by atoms with Crippen LogP contribution < -0.4 is 0 Å². The first-order valence-corrected chi connectivity index (χ1v) is 6.50. The molecule has 0 saturated heterocycles. The van der Waals surface area contributed by atoms with E-state index in [0.717, 1.165) is 11.1 Å². The predicted octanol–water partition coefficient (Wildman–Crippen LogP) is 3.67. The molecule has 4 heteroatoms. The van der Waals surface area contributed by atoms with Crippen molar-refractivity contribution < 1.29 is 9.53 Å². The van der Waals surface area contributed by atoms with Gasteiger partial charge in [-0.05, 0) is 23.3 Å². The topological polar surface area (TPSA) is 38.7 Å².